The monoisotopic (exact) mass is 289 g/mol. The number of nitrogens with zero attached hydrogens (tertiary/aromatic N) is 2. The average Bonchev–Trinajstić information content (AvgIpc) is 2.66. The number of rotatable bonds is 5. The van der Waals surface area contributed by atoms with Gasteiger partial charge in [-0.1, -0.05) is 26.8 Å². The molecular formula is C18H31N3. The van der Waals surface area contributed by atoms with E-state index in [4.69, 9.17) is 4.98 Å². The van der Waals surface area contributed by atoms with Gasteiger partial charge in [0, 0.05) is 25.3 Å². The lowest BCUT2D eigenvalue weighted by Gasteiger charge is -2.24. The molecule has 0 saturated carbocycles. The zero-order valence-corrected chi connectivity index (χ0v) is 14.2. The predicted molar refractivity (Wildman–Crippen MR) is 90.8 cm³/mol. The lowest BCUT2D eigenvalue weighted by Crippen LogP contribution is -2.26. The highest BCUT2D eigenvalue weighted by Crippen LogP contribution is 2.31. The lowest BCUT2D eigenvalue weighted by atomic mass is 9.85. The molecule has 0 bridgehead atoms. The summed E-state index contributed by atoms with van der Waals surface area (Å²) in [6.45, 7) is 12.5. The second-order valence-electron chi connectivity index (χ2n) is 7.13. The van der Waals surface area contributed by atoms with Crippen molar-refractivity contribution < 1.29 is 0 Å². The number of nitrogens with one attached hydrogen (secondary N) is 1. The SMILES string of the molecule is CCCNC(C)c1ccc(N2CCCC(C)(C)CC2)nc1. The molecule has 2 heterocycles. The first-order valence-electron chi connectivity index (χ1n) is 8.46. The summed E-state index contributed by atoms with van der Waals surface area (Å²) < 4.78 is 0. The third-order valence-electron chi connectivity index (χ3n) is 4.64. The molecule has 1 atom stereocenters. The molecular weight excluding hydrogens is 258 g/mol. The van der Waals surface area contributed by atoms with E-state index in [1.807, 2.05) is 6.20 Å². The van der Waals surface area contributed by atoms with E-state index in [-0.39, 0.29) is 0 Å². The van der Waals surface area contributed by atoms with E-state index >= 15 is 0 Å². The summed E-state index contributed by atoms with van der Waals surface area (Å²) in [4.78, 5) is 7.15. The third kappa shape index (κ3) is 4.70. The Morgan fingerprint density at radius 1 is 1.29 bits per heavy atom. The minimum atomic E-state index is 0.384. The van der Waals surface area contributed by atoms with Crippen LogP contribution in [0.25, 0.3) is 0 Å². The van der Waals surface area contributed by atoms with E-state index < -0.39 is 0 Å². The molecule has 1 aromatic rings. The Morgan fingerprint density at radius 2 is 2.10 bits per heavy atom. The van der Waals surface area contributed by atoms with Crippen molar-refractivity contribution in [2.75, 3.05) is 24.5 Å². The maximum atomic E-state index is 4.71. The molecule has 0 spiro atoms. The van der Waals surface area contributed by atoms with Gasteiger partial charge in [-0.05, 0) is 56.2 Å². The summed E-state index contributed by atoms with van der Waals surface area (Å²) in [5.74, 6) is 1.14. The van der Waals surface area contributed by atoms with Crippen LogP contribution >= 0.6 is 0 Å². The molecule has 0 radical (unpaired) electrons. The van der Waals surface area contributed by atoms with Crippen LogP contribution in [0.15, 0.2) is 18.3 Å². The van der Waals surface area contributed by atoms with Gasteiger partial charge < -0.3 is 10.2 Å². The normalized spacial score (nSPS) is 20.1. The fraction of sp³-hybridized carbons (Fsp3) is 0.722. The minimum Gasteiger partial charge on any atom is -0.357 e. The molecule has 0 aromatic carbocycles. The van der Waals surface area contributed by atoms with Crippen LogP contribution in [-0.2, 0) is 0 Å². The van der Waals surface area contributed by atoms with Crippen LogP contribution in [0.4, 0.5) is 5.82 Å². The van der Waals surface area contributed by atoms with Crippen molar-refractivity contribution in [3.63, 3.8) is 0 Å². The second kappa shape index (κ2) is 7.26. The number of hydrogen-bond acceptors (Lipinski definition) is 3. The molecule has 1 aliphatic heterocycles. The van der Waals surface area contributed by atoms with Crippen LogP contribution in [0.3, 0.4) is 0 Å². The Balaban J connectivity index is 1.98. The van der Waals surface area contributed by atoms with E-state index in [9.17, 15) is 0 Å². The topological polar surface area (TPSA) is 28.2 Å². The van der Waals surface area contributed by atoms with E-state index in [0.29, 0.717) is 11.5 Å². The average molecular weight is 289 g/mol. The number of anilines is 1. The number of pyridine rings is 1. The summed E-state index contributed by atoms with van der Waals surface area (Å²) in [7, 11) is 0. The smallest absolute Gasteiger partial charge is 0.128 e. The van der Waals surface area contributed by atoms with E-state index in [1.54, 1.807) is 0 Å². The lowest BCUT2D eigenvalue weighted by molar-refractivity contribution is 0.325. The number of hydrogen-bond donors (Lipinski definition) is 1. The van der Waals surface area contributed by atoms with Crippen molar-refractivity contribution in [1.82, 2.24) is 10.3 Å². The van der Waals surface area contributed by atoms with Crippen molar-refractivity contribution in [1.29, 1.82) is 0 Å². The van der Waals surface area contributed by atoms with Crippen LogP contribution in [0.1, 0.15) is 65.0 Å². The van der Waals surface area contributed by atoms with Gasteiger partial charge in [-0.2, -0.15) is 0 Å². The van der Waals surface area contributed by atoms with Gasteiger partial charge in [-0.25, -0.2) is 4.98 Å². The molecule has 1 fully saturated rings. The summed E-state index contributed by atoms with van der Waals surface area (Å²) in [6, 6.07) is 4.80. The molecule has 0 aliphatic carbocycles. The van der Waals surface area contributed by atoms with Gasteiger partial charge in [0.25, 0.3) is 0 Å². The van der Waals surface area contributed by atoms with Gasteiger partial charge in [0.1, 0.15) is 5.82 Å². The molecule has 1 aliphatic rings. The molecule has 3 nitrogen and oxygen atoms in total. The quantitative estimate of drug-likeness (QED) is 0.882. The van der Waals surface area contributed by atoms with E-state index in [1.165, 1.54) is 31.2 Å². The molecule has 1 N–H and O–H groups in total. The van der Waals surface area contributed by atoms with Crippen LogP contribution in [-0.4, -0.2) is 24.6 Å². The zero-order valence-electron chi connectivity index (χ0n) is 14.2. The molecule has 1 saturated heterocycles. The summed E-state index contributed by atoms with van der Waals surface area (Å²) in [5, 5.41) is 3.51. The highest BCUT2D eigenvalue weighted by Gasteiger charge is 2.23. The van der Waals surface area contributed by atoms with Gasteiger partial charge in [-0.3, -0.25) is 0 Å². The summed E-state index contributed by atoms with van der Waals surface area (Å²) in [6.07, 6.45) is 7.05. The van der Waals surface area contributed by atoms with Gasteiger partial charge in [-0.15, -0.1) is 0 Å². The first kappa shape index (κ1) is 16.3. The van der Waals surface area contributed by atoms with Crippen molar-refractivity contribution in [2.45, 2.75) is 59.4 Å². The standard InChI is InChI=1S/C18H31N3/c1-5-11-19-15(2)16-7-8-17(20-14-16)21-12-6-9-18(3,4)10-13-21/h7-8,14-15,19H,5-6,9-13H2,1-4H3. The maximum Gasteiger partial charge on any atom is 0.128 e. The minimum absolute atomic E-state index is 0.384. The predicted octanol–water partition coefficient (Wildman–Crippen LogP) is 4.16. The molecule has 0 amide bonds. The molecule has 1 aromatic heterocycles. The molecule has 1 unspecified atom stereocenters. The second-order valence-corrected chi connectivity index (χ2v) is 7.13. The van der Waals surface area contributed by atoms with Crippen molar-refractivity contribution in [2.24, 2.45) is 5.41 Å². The van der Waals surface area contributed by atoms with Crippen LogP contribution in [0, 0.1) is 5.41 Å². The first-order chi connectivity index (χ1) is 10.0. The van der Waals surface area contributed by atoms with E-state index in [0.717, 1.165) is 25.5 Å². The molecule has 21 heavy (non-hydrogen) atoms. The fourth-order valence-corrected chi connectivity index (χ4v) is 2.97. The maximum absolute atomic E-state index is 4.71. The zero-order chi connectivity index (χ0) is 15.3. The van der Waals surface area contributed by atoms with Gasteiger partial charge >= 0.3 is 0 Å². The molecule has 3 heteroatoms. The molecule has 2 rings (SSSR count). The third-order valence-corrected chi connectivity index (χ3v) is 4.64. The van der Waals surface area contributed by atoms with Crippen LogP contribution in [0.5, 0.6) is 0 Å². The van der Waals surface area contributed by atoms with Gasteiger partial charge in [0.15, 0.2) is 0 Å². The Labute approximate surface area is 130 Å². The van der Waals surface area contributed by atoms with Gasteiger partial charge in [0.2, 0.25) is 0 Å². The Morgan fingerprint density at radius 3 is 2.76 bits per heavy atom. The van der Waals surface area contributed by atoms with Gasteiger partial charge in [0.05, 0.1) is 0 Å². The molecule has 118 valence electrons. The Hall–Kier alpha value is -1.09. The highest BCUT2D eigenvalue weighted by atomic mass is 15.2. The largest absolute Gasteiger partial charge is 0.357 e. The number of aromatic nitrogens is 1. The fourth-order valence-electron chi connectivity index (χ4n) is 2.97. The summed E-state index contributed by atoms with van der Waals surface area (Å²) >= 11 is 0. The first-order valence-corrected chi connectivity index (χ1v) is 8.46. The Bertz CT molecular complexity index is 425. The highest BCUT2D eigenvalue weighted by molar-refractivity contribution is 5.40. The summed E-state index contributed by atoms with van der Waals surface area (Å²) in [5.41, 5.74) is 1.76. The van der Waals surface area contributed by atoms with Crippen LogP contribution < -0.4 is 10.2 Å². The van der Waals surface area contributed by atoms with Crippen molar-refractivity contribution in [3.8, 4) is 0 Å². The Kier molecular flexibility index (Phi) is 5.63. The van der Waals surface area contributed by atoms with Crippen LogP contribution in [0.2, 0.25) is 0 Å². The van der Waals surface area contributed by atoms with E-state index in [2.05, 4.69) is 50.0 Å². The van der Waals surface area contributed by atoms with Crippen molar-refractivity contribution >= 4 is 5.82 Å². The van der Waals surface area contributed by atoms with Crippen molar-refractivity contribution in [3.05, 3.63) is 23.9 Å².